The van der Waals surface area contributed by atoms with E-state index in [-0.39, 0.29) is 32.9 Å². The fraction of sp³-hybridized carbons (Fsp3) is 0.440. The van der Waals surface area contributed by atoms with Crippen molar-refractivity contribution in [3.05, 3.63) is 40.5 Å². The fourth-order valence-electron chi connectivity index (χ4n) is 5.35. The van der Waals surface area contributed by atoms with Crippen molar-refractivity contribution in [3.8, 4) is 10.6 Å². The Morgan fingerprint density at radius 2 is 2.05 bits per heavy atom. The number of thiophene rings is 1. The number of hydrogen-bond donors (Lipinski definition) is 2. The van der Waals surface area contributed by atoms with Crippen LogP contribution >= 0.6 is 11.3 Å². The molecule has 0 radical (unpaired) electrons. The zero-order valence-corrected chi connectivity index (χ0v) is 23.3. The van der Waals surface area contributed by atoms with E-state index < -0.39 is 33.2 Å². The number of pyridine rings is 1. The molecule has 0 aromatic carbocycles. The number of rotatable bonds is 5. The van der Waals surface area contributed by atoms with Gasteiger partial charge in [0.25, 0.3) is 5.91 Å². The van der Waals surface area contributed by atoms with Gasteiger partial charge in [-0.2, -0.15) is 13.2 Å². The van der Waals surface area contributed by atoms with Crippen molar-refractivity contribution in [2.45, 2.75) is 42.9 Å². The summed E-state index contributed by atoms with van der Waals surface area (Å²) in [6.07, 6.45) is -2.51. The van der Waals surface area contributed by atoms with Gasteiger partial charge in [-0.15, -0.1) is 11.3 Å². The van der Waals surface area contributed by atoms with Gasteiger partial charge in [0.1, 0.15) is 16.3 Å². The highest BCUT2D eigenvalue weighted by molar-refractivity contribution is 7.91. The molecule has 2 saturated heterocycles. The molecule has 0 aliphatic carbocycles. The highest BCUT2D eigenvalue weighted by atomic mass is 32.2. The average molecular weight is 594 g/mol. The van der Waals surface area contributed by atoms with Crippen molar-refractivity contribution < 1.29 is 26.4 Å². The summed E-state index contributed by atoms with van der Waals surface area (Å²) in [6.45, 7) is 3.71. The van der Waals surface area contributed by atoms with Crippen LogP contribution in [0.4, 0.5) is 30.6 Å². The van der Waals surface area contributed by atoms with Crippen LogP contribution in [-0.4, -0.2) is 78.7 Å². The minimum absolute atomic E-state index is 0.00422. The second kappa shape index (κ2) is 9.66. The second-order valence-electron chi connectivity index (χ2n) is 10.1. The monoisotopic (exact) mass is 593 g/mol. The maximum absolute atomic E-state index is 14.0. The first-order valence-electron chi connectivity index (χ1n) is 12.8. The van der Waals surface area contributed by atoms with E-state index in [0.717, 1.165) is 31.4 Å². The summed E-state index contributed by atoms with van der Waals surface area (Å²) in [5, 5.41) is 6.45. The number of hydrogen-bond acceptors (Lipinski definition) is 10. The quantitative estimate of drug-likeness (QED) is 0.459. The predicted octanol–water partition coefficient (Wildman–Crippen LogP) is 3.33. The predicted molar refractivity (Wildman–Crippen MR) is 144 cm³/mol. The van der Waals surface area contributed by atoms with E-state index in [1.165, 1.54) is 11.9 Å². The lowest BCUT2D eigenvalue weighted by atomic mass is 10.2. The summed E-state index contributed by atoms with van der Waals surface area (Å²) in [7, 11) is -2.42. The van der Waals surface area contributed by atoms with Crippen molar-refractivity contribution >= 4 is 44.5 Å². The second-order valence-corrected chi connectivity index (χ2v) is 13.2. The largest absolute Gasteiger partial charge is 0.420 e. The SMILES string of the molecule is CCc1nc(N2C[C@H]3C[C@@H]2CN3)ccc1Nc1ncc(C(F)(F)F)c(-c2cc3c(s2)C(=O)N(C)CCS3(=O)=O)n1. The standard InChI is InChI=1S/C25H26F3N7O3S2/c1-3-16-17(4-5-20(31-16)35-12-13-8-14(35)10-29-13)32-24-30-11-15(25(26,27)28)21(33-24)18-9-19-22(39-18)23(36)34(2)6-7-40(19,37)38/h4-5,9,11,13-14,29H,3,6-8,10,12H2,1-2H3,(H,30,32,33)/t13-,14-/m1/s1. The number of piperazine rings is 1. The van der Waals surface area contributed by atoms with Crippen LogP contribution in [0.3, 0.4) is 0 Å². The zero-order valence-electron chi connectivity index (χ0n) is 21.6. The molecule has 2 atom stereocenters. The molecule has 212 valence electrons. The number of nitrogens with one attached hydrogen (secondary N) is 2. The van der Waals surface area contributed by atoms with Crippen molar-refractivity contribution in [3.63, 3.8) is 0 Å². The lowest BCUT2D eigenvalue weighted by Gasteiger charge is -2.29. The van der Waals surface area contributed by atoms with Crippen LogP contribution in [0.1, 0.15) is 34.3 Å². The van der Waals surface area contributed by atoms with Crippen LogP contribution in [0.2, 0.25) is 0 Å². The van der Waals surface area contributed by atoms with E-state index in [9.17, 15) is 26.4 Å². The number of nitrogens with zero attached hydrogens (tertiary/aromatic N) is 5. The molecule has 3 aliphatic heterocycles. The highest BCUT2D eigenvalue weighted by Gasteiger charge is 2.39. The van der Waals surface area contributed by atoms with Gasteiger partial charge in [0.15, 0.2) is 9.84 Å². The lowest BCUT2D eigenvalue weighted by Crippen LogP contribution is -2.44. The Kier molecular flexibility index (Phi) is 6.50. The van der Waals surface area contributed by atoms with Gasteiger partial charge in [0.05, 0.1) is 32.6 Å². The van der Waals surface area contributed by atoms with Crippen LogP contribution in [0.25, 0.3) is 10.6 Å². The maximum atomic E-state index is 14.0. The lowest BCUT2D eigenvalue weighted by molar-refractivity contribution is -0.137. The molecule has 0 spiro atoms. The van der Waals surface area contributed by atoms with Crippen molar-refractivity contribution in [1.82, 2.24) is 25.2 Å². The number of carbonyl (C=O) groups excluding carboxylic acids is 1. The van der Waals surface area contributed by atoms with E-state index in [2.05, 4.69) is 25.5 Å². The molecular formula is C25H26F3N7O3S2. The summed E-state index contributed by atoms with van der Waals surface area (Å²) in [5.41, 5.74) is -0.367. The normalized spacial score (nSPS) is 22.0. The van der Waals surface area contributed by atoms with Crippen molar-refractivity contribution in [2.24, 2.45) is 0 Å². The van der Waals surface area contributed by atoms with Gasteiger partial charge >= 0.3 is 6.18 Å². The number of anilines is 3. The van der Waals surface area contributed by atoms with Crippen LogP contribution in [0.15, 0.2) is 29.3 Å². The Morgan fingerprint density at radius 1 is 1.25 bits per heavy atom. The van der Waals surface area contributed by atoms with Crippen LogP contribution in [-0.2, 0) is 22.4 Å². The van der Waals surface area contributed by atoms with E-state index in [0.29, 0.717) is 47.4 Å². The molecule has 40 heavy (non-hydrogen) atoms. The van der Waals surface area contributed by atoms with E-state index in [4.69, 9.17) is 4.98 Å². The third kappa shape index (κ3) is 4.69. The van der Waals surface area contributed by atoms with E-state index in [1.807, 2.05) is 19.1 Å². The number of fused-ring (bicyclic) bond motifs is 3. The third-order valence-electron chi connectivity index (χ3n) is 7.49. The first-order chi connectivity index (χ1) is 18.9. The van der Waals surface area contributed by atoms with Gasteiger partial charge in [0, 0.05) is 45.0 Å². The van der Waals surface area contributed by atoms with Crippen LogP contribution in [0, 0.1) is 0 Å². The summed E-state index contributed by atoms with van der Waals surface area (Å²) >= 11 is 0.679. The number of aromatic nitrogens is 3. The van der Waals surface area contributed by atoms with Gasteiger partial charge in [-0.3, -0.25) is 4.79 Å². The zero-order chi connectivity index (χ0) is 28.4. The summed E-state index contributed by atoms with van der Waals surface area (Å²) < 4.78 is 67.6. The van der Waals surface area contributed by atoms with Gasteiger partial charge < -0.3 is 20.4 Å². The average Bonchev–Trinajstić information content (AvgIpc) is 3.66. The minimum atomic E-state index is -4.81. The molecule has 6 rings (SSSR count). The topological polar surface area (TPSA) is 120 Å². The summed E-state index contributed by atoms with van der Waals surface area (Å²) in [6, 6.07) is 5.64. The molecule has 2 bridgehead atoms. The molecular weight excluding hydrogens is 567 g/mol. The summed E-state index contributed by atoms with van der Waals surface area (Å²) in [5.74, 6) is -0.138. The van der Waals surface area contributed by atoms with E-state index in [1.54, 1.807) is 0 Å². The fourth-order valence-corrected chi connectivity index (χ4v) is 8.38. The van der Waals surface area contributed by atoms with Crippen LogP contribution in [0.5, 0.6) is 0 Å². The molecule has 3 aromatic rings. The molecule has 2 fully saturated rings. The number of sulfone groups is 1. The number of halogens is 3. The number of amides is 1. The smallest absolute Gasteiger partial charge is 0.351 e. The Bertz CT molecular complexity index is 1610. The molecule has 1 amide bonds. The van der Waals surface area contributed by atoms with Gasteiger partial charge in [-0.05, 0) is 31.0 Å². The minimum Gasteiger partial charge on any atom is -0.351 e. The molecule has 6 heterocycles. The summed E-state index contributed by atoms with van der Waals surface area (Å²) in [4.78, 5) is 28.7. The Labute approximate surface area is 232 Å². The molecule has 10 nitrogen and oxygen atoms in total. The molecule has 3 aliphatic rings. The van der Waals surface area contributed by atoms with Crippen LogP contribution < -0.4 is 15.5 Å². The van der Waals surface area contributed by atoms with Gasteiger partial charge in [0.2, 0.25) is 5.95 Å². The van der Waals surface area contributed by atoms with Gasteiger partial charge in [-0.1, -0.05) is 6.92 Å². The first kappa shape index (κ1) is 26.9. The van der Waals surface area contributed by atoms with E-state index >= 15 is 0 Å². The number of carbonyl (C=O) groups is 1. The Balaban J connectivity index is 1.37. The molecule has 3 aromatic heterocycles. The number of alkyl halides is 3. The number of aryl methyl sites for hydroxylation is 1. The molecule has 15 heteroatoms. The molecule has 0 saturated carbocycles. The van der Waals surface area contributed by atoms with Gasteiger partial charge in [-0.25, -0.2) is 23.4 Å². The maximum Gasteiger partial charge on any atom is 0.420 e. The Morgan fingerprint density at radius 3 is 2.73 bits per heavy atom. The molecule has 2 N–H and O–H groups in total. The Hall–Kier alpha value is -3.30. The first-order valence-corrected chi connectivity index (χ1v) is 15.2. The van der Waals surface area contributed by atoms with Crippen molar-refractivity contribution in [1.29, 1.82) is 0 Å². The third-order valence-corrected chi connectivity index (χ3v) is 10.5. The van der Waals surface area contributed by atoms with Crippen molar-refractivity contribution in [2.75, 3.05) is 42.7 Å². The molecule has 0 unspecified atom stereocenters. The highest BCUT2D eigenvalue weighted by Crippen LogP contribution is 2.42.